The van der Waals surface area contributed by atoms with Crippen LogP contribution in [0.25, 0.3) is 0 Å². The van der Waals surface area contributed by atoms with E-state index in [4.69, 9.17) is 27.9 Å². The molecule has 0 N–H and O–H groups in total. The fourth-order valence-corrected chi connectivity index (χ4v) is 2.58. The largest absolute Gasteiger partial charge is 0.466 e. The molecule has 19 heavy (non-hydrogen) atoms. The number of anilines is 1. The Bertz CT molecular complexity index is 498. The molecule has 0 spiro atoms. The summed E-state index contributed by atoms with van der Waals surface area (Å²) in [5.41, 5.74) is 0.606. The Morgan fingerprint density at radius 1 is 1.37 bits per heavy atom. The van der Waals surface area contributed by atoms with Gasteiger partial charge in [0.05, 0.1) is 12.5 Å². The number of carbonyl (C=O) groups excluding carboxylic acids is 2. The highest BCUT2D eigenvalue weighted by molar-refractivity contribution is 6.35. The number of rotatable bonds is 3. The van der Waals surface area contributed by atoms with Gasteiger partial charge in [-0.25, -0.2) is 0 Å². The van der Waals surface area contributed by atoms with E-state index in [1.807, 2.05) is 0 Å². The minimum atomic E-state index is -0.426. The van der Waals surface area contributed by atoms with E-state index in [0.717, 1.165) is 0 Å². The summed E-state index contributed by atoms with van der Waals surface area (Å²) < 4.78 is 4.94. The number of halogens is 2. The van der Waals surface area contributed by atoms with Crippen LogP contribution in [0.4, 0.5) is 5.69 Å². The van der Waals surface area contributed by atoms with Gasteiger partial charge >= 0.3 is 5.97 Å². The van der Waals surface area contributed by atoms with Gasteiger partial charge in [0.15, 0.2) is 0 Å². The fourth-order valence-electron chi connectivity index (χ4n) is 2.07. The number of hydrogen-bond donors (Lipinski definition) is 0. The molecule has 0 unspecified atom stereocenters. The number of nitrogens with zero attached hydrogens (tertiary/aromatic N) is 1. The molecular weight excluding hydrogens is 289 g/mol. The Balaban J connectivity index is 2.18. The van der Waals surface area contributed by atoms with Gasteiger partial charge in [-0.3, -0.25) is 9.59 Å². The minimum absolute atomic E-state index is 0.128. The lowest BCUT2D eigenvalue weighted by Gasteiger charge is -2.17. The SMILES string of the molecule is CCOC(=O)[C@@H]1CC(=O)N(c2cc(Cl)cc(Cl)c2)C1. The van der Waals surface area contributed by atoms with Crippen molar-refractivity contribution in [3.05, 3.63) is 28.2 Å². The van der Waals surface area contributed by atoms with Gasteiger partial charge in [0, 0.05) is 28.7 Å². The second-order valence-electron chi connectivity index (χ2n) is 4.29. The van der Waals surface area contributed by atoms with Crippen molar-refractivity contribution in [3.63, 3.8) is 0 Å². The first-order chi connectivity index (χ1) is 9.01. The number of esters is 1. The van der Waals surface area contributed by atoms with Crippen LogP contribution in [0.15, 0.2) is 18.2 Å². The lowest BCUT2D eigenvalue weighted by Crippen LogP contribution is -2.26. The molecule has 102 valence electrons. The van der Waals surface area contributed by atoms with Gasteiger partial charge in [0.2, 0.25) is 5.91 Å². The highest BCUT2D eigenvalue weighted by Gasteiger charge is 2.36. The summed E-state index contributed by atoms with van der Waals surface area (Å²) in [4.78, 5) is 25.1. The molecule has 1 aromatic rings. The van der Waals surface area contributed by atoms with Crippen molar-refractivity contribution in [1.29, 1.82) is 0 Å². The average molecular weight is 302 g/mol. The van der Waals surface area contributed by atoms with Gasteiger partial charge in [-0.1, -0.05) is 23.2 Å². The van der Waals surface area contributed by atoms with E-state index in [1.165, 1.54) is 4.90 Å². The van der Waals surface area contributed by atoms with Crippen LogP contribution in [0, 0.1) is 5.92 Å². The number of carbonyl (C=O) groups is 2. The number of benzene rings is 1. The summed E-state index contributed by atoms with van der Waals surface area (Å²) in [6.07, 6.45) is 0.156. The monoisotopic (exact) mass is 301 g/mol. The molecule has 4 nitrogen and oxygen atoms in total. The third-order valence-corrected chi connectivity index (χ3v) is 3.34. The first kappa shape index (κ1) is 14.2. The van der Waals surface area contributed by atoms with Crippen LogP contribution >= 0.6 is 23.2 Å². The lowest BCUT2D eigenvalue weighted by atomic mass is 10.1. The maximum Gasteiger partial charge on any atom is 0.311 e. The minimum Gasteiger partial charge on any atom is -0.466 e. The maximum absolute atomic E-state index is 11.9. The van der Waals surface area contributed by atoms with Crippen molar-refractivity contribution in [2.24, 2.45) is 5.92 Å². The Morgan fingerprint density at radius 2 is 2.00 bits per heavy atom. The van der Waals surface area contributed by atoms with E-state index in [-0.39, 0.29) is 18.3 Å². The van der Waals surface area contributed by atoms with Gasteiger partial charge in [-0.15, -0.1) is 0 Å². The van der Waals surface area contributed by atoms with E-state index < -0.39 is 5.92 Å². The Kier molecular flexibility index (Phi) is 4.32. The Labute approximate surface area is 121 Å². The quantitative estimate of drug-likeness (QED) is 0.807. The van der Waals surface area contributed by atoms with Crippen LogP contribution in [0.3, 0.4) is 0 Å². The molecule has 2 rings (SSSR count). The van der Waals surface area contributed by atoms with Crippen LogP contribution in [0.5, 0.6) is 0 Å². The van der Waals surface area contributed by atoms with Gasteiger partial charge in [0.25, 0.3) is 0 Å². The first-order valence-electron chi connectivity index (χ1n) is 5.94. The standard InChI is InChI=1S/C13H13Cl2NO3/c1-2-19-13(18)8-3-12(17)16(7-8)11-5-9(14)4-10(15)6-11/h4-6,8H,2-3,7H2,1H3/t8-/m1/s1. The molecule has 0 aromatic heterocycles. The van der Waals surface area contributed by atoms with E-state index in [1.54, 1.807) is 25.1 Å². The van der Waals surface area contributed by atoms with Crippen molar-refractivity contribution >= 4 is 40.8 Å². The fraction of sp³-hybridized carbons (Fsp3) is 0.385. The topological polar surface area (TPSA) is 46.6 Å². The highest BCUT2D eigenvalue weighted by atomic mass is 35.5. The molecule has 0 bridgehead atoms. The molecule has 0 aliphatic carbocycles. The molecule has 1 amide bonds. The number of amides is 1. The molecule has 0 saturated carbocycles. The van der Waals surface area contributed by atoms with Crippen molar-refractivity contribution in [3.8, 4) is 0 Å². The van der Waals surface area contributed by atoms with Crippen LogP contribution in [-0.2, 0) is 14.3 Å². The summed E-state index contributed by atoms with van der Waals surface area (Å²) in [5, 5.41) is 0.907. The predicted molar refractivity (Wildman–Crippen MR) is 73.6 cm³/mol. The van der Waals surface area contributed by atoms with Crippen molar-refractivity contribution < 1.29 is 14.3 Å². The average Bonchev–Trinajstić information content (AvgIpc) is 2.70. The maximum atomic E-state index is 11.9. The van der Waals surface area contributed by atoms with Crippen LogP contribution in [-0.4, -0.2) is 25.0 Å². The van der Waals surface area contributed by atoms with Gasteiger partial charge in [0.1, 0.15) is 0 Å². The summed E-state index contributed by atoms with van der Waals surface area (Å²) in [6, 6.07) is 4.90. The molecule has 1 aliphatic heterocycles. The third kappa shape index (κ3) is 3.19. The summed E-state index contributed by atoms with van der Waals surface area (Å²) >= 11 is 11.8. The van der Waals surface area contributed by atoms with Gasteiger partial charge < -0.3 is 9.64 Å². The molecule has 0 radical (unpaired) electrons. The number of hydrogen-bond acceptors (Lipinski definition) is 3. The van der Waals surface area contributed by atoms with E-state index in [9.17, 15) is 9.59 Å². The van der Waals surface area contributed by atoms with Crippen molar-refractivity contribution in [2.45, 2.75) is 13.3 Å². The lowest BCUT2D eigenvalue weighted by molar-refractivity contribution is -0.147. The second-order valence-corrected chi connectivity index (χ2v) is 5.16. The summed E-state index contributed by atoms with van der Waals surface area (Å²) in [7, 11) is 0. The zero-order chi connectivity index (χ0) is 14.0. The normalized spacial score (nSPS) is 18.8. The molecule has 1 saturated heterocycles. The van der Waals surface area contributed by atoms with Crippen molar-refractivity contribution in [1.82, 2.24) is 0 Å². The summed E-state index contributed by atoms with van der Waals surface area (Å²) in [6.45, 7) is 2.35. The zero-order valence-corrected chi connectivity index (χ0v) is 11.9. The zero-order valence-electron chi connectivity index (χ0n) is 10.4. The molecule has 1 aliphatic rings. The van der Waals surface area contributed by atoms with Crippen LogP contribution in [0.2, 0.25) is 10.0 Å². The van der Waals surface area contributed by atoms with Crippen molar-refractivity contribution in [2.75, 3.05) is 18.1 Å². The Morgan fingerprint density at radius 3 is 2.58 bits per heavy atom. The van der Waals surface area contributed by atoms with Crippen LogP contribution < -0.4 is 4.90 Å². The third-order valence-electron chi connectivity index (χ3n) is 2.90. The van der Waals surface area contributed by atoms with E-state index >= 15 is 0 Å². The van der Waals surface area contributed by atoms with Gasteiger partial charge in [-0.05, 0) is 25.1 Å². The molecule has 1 aromatic carbocycles. The second kappa shape index (κ2) is 5.80. The van der Waals surface area contributed by atoms with E-state index in [0.29, 0.717) is 28.9 Å². The molecule has 1 fully saturated rings. The number of ether oxygens (including phenoxy) is 1. The molecule has 1 heterocycles. The predicted octanol–water partition coefficient (Wildman–Crippen LogP) is 2.91. The Hall–Kier alpha value is -1.26. The molecular formula is C13H13Cl2NO3. The van der Waals surface area contributed by atoms with Crippen LogP contribution in [0.1, 0.15) is 13.3 Å². The smallest absolute Gasteiger partial charge is 0.311 e. The summed E-state index contributed by atoms with van der Waals surface area (Å²) in [5.74, 6) is -0.895. The molecule has 6 heteroatoms. The van der Waals surface area contributed by atoms with Gasteiger partial charge in [-0.2, -0.15) is 0 Å². The van der Waals surface area contributed by atoms with E-state index in [2.05, 4.69) is 0 Å². The molecule has 1 atom stereocenters. The first-order valence-corrected chi connectivity index (χ1v) is 6.70. The highest BCUT2D eigenvalue weighted by Crippen LogP contribution is 2.30.